The molecule has 0 atom stereocenters. The molecule has 0 bridgehead atoms. The highest BCUT2D eigenvalue weighted by atomic mass is 79.9. The minimum Gasteiger partial charge on any atom is -0.291 e. The fourth-order valence-electron chi connectivity index (χ4n) is 5.27. The van der Waals surface area contributed by atoms with E-state index < -0.39 is 16.8 Å². The number of aryl methyl sites for hydroxylation is 1. The number of aromatic amines is 2. The van der Waals surface area contributed by atoms with Gasteiger partial charge in [-0.05, 0) is 64.6 Å². The van der Waals surface area contributed by atoms with Crippen LogP contribution in [-0.4, -0.2) is 15.0 Å². The van der Waals surface area contributed by atoms with Gasteiger partial charge >= 0.3 is 11.4 Å². The molecule has 7 heteroatoms. The number of nitrogens with one attached hydrogen (secondary N) is 2. The van der Waals surface area contributed by atoms with Gasteiger partial charge in [0.15, 0.2) is 0 Å². The SMILES string of the molecule is Cc1ccc(C2(c3ccc(-c4nc(=O)[nH]c(=O)[nH]4)cc3)c3cc(Br)ccc3-c3ccc(Br)cc32)cc1. The Kier molecular flexibility index (Phi) is 5.43. The van der Waals surface area contributed by atoms with E-state index in [1.807, 2.05) is 12.1 Å². The monoisotopic (exact) mass is 599 g/mol. The number of fused-ring (bicyclic) bond motifs is 3. The van der Waals surface area contributed by atoms with E-state index in [1.54, 1.807) is 0 Å². The van der Waals surface area contributed by atoms with Crippen LogP contribution in [0.3, 0.4) is 0 Å². The van der Waals surface area contributed by atoms with E-state index in [-0.39, 0.29) is 5.82 Å². The van der Waals surface area contributed by atoms with Gasteiger partial charge in [0.1, 0.15) is 5.82 Å². The van der Waals surface area contributed by atoms with Gasteiger partial charge in [-0.1, -0.05) is 98.1 Å². The molecule has 1 aromatic heterocycles. The zero-order valence-electron chi connectivity index (χ0n) is 19.1. The summed E-state index contributed by atoms with van der Waals surface area (Å²) in [5.74, 6) is 0.234. The summed E-state index contributed by atoms with van der Waals surface area (Å²) in [5, 5.41) is 0. The Morgan fingerprint density at radius 3 is 1.75 bits per heavy atom. The molecule has 0 aliphatic heterocycles. The molecule has 0 saturated heterocycles. The van der Waals surface area contributed by atoms with Crippen LogP contribution in [0.25, 0.3) is 22.5 Å². The van der Waals surface area contributed by atoms with Crippen molar-refractivity contribution in [1.82, 2.24) is 15.0 Å². The van der Waals surface area contributed by atoms with Crippen molar-refractivity contribution in [3.05, 3.63) is 143 Å². The van der Waals surface area contributed by atoms with Crippen LogP contribution >= 0.6 is 31.9 Å². The Labute approximate surface area is 223 Å². The lowest BCUT2D eigenvalue weighted by Gasteiger charge is -2.34. The van der Waals surface area contributed by atoms with Crippen LogP contribution in [0.2, 0.25) is 0 Å². The number of hydrogen-bond acceptors (Lipinski definition) is 3. The summed E-state index contributed by atoms with van der Waals surface area (Å²) in [7, 11) is 0. The number of H-pyrrole nitrogens is 2. The summed E-state index contributed by atoms with van der Waals surface area (Å²) in [6, 6.07) is 29.5. The Morgan fingerprint density at radius 1 is 0.694 bits per heavy atom. The molecule has 1 heterocycles. The van der Waals surface area contributed by atoms with Crippen LogP contribution in [0.5, 0.6) is 0 Å². The summed E-state index contributed by atoms with van der Waals surface area (Å²) < 4.78 is 2.01. The quantitative estimate of drug-likeness (QED) is 0.249. The highest BCUT2D eigenvalue weighted by Gasteiger charge is 2.46. The predicted octanol–water partition coefficient (Wildman–Crippen LogP) is 6.32. The maximum absolute atomic E-state index is 11.8. The smallest absolute Gasteiger partial charge is 0.291 e. The third-order valence-electron chi connectivity index (χ3n) is 6.80. The molecule has 2 N–H and O–H groups in total. The summed E-state index contributed by atoms with van der Waals surface area (Å²) in [6.07, 6.45) is 0. The van der Waals surface area contributed by atoms with Crippen molar-refractivity contribution in [2.24, 2.45) is 0 Å². The van der Waals surface area contributed by atoms with Crippen LogP contribution in [0, 0.1) is 6.92 Å². The first-order valence-electron chi connectivity index (χ1n) is 11.4. The first-order chi connectivity index (χ1) is 17.4. The summed E-state index contributed by atoms with van der Waals surface area (Å²) in [5.41, 5.74) is 6.97. The van der Waals surface area contributed by atoms with E-state index >= 15 is 0 Å². The van der Waals surface area contributed by atoms with Gasteiger partial charge in [0.25, 0.3) is 0 Å². The molecule has 0 unspecified atom stereocenters. The zero-order chi connectivity index (χ0) is 25.0. The molecule has 176 valence electrons. The average molecular weight is 601 g/mol. The Bertz CT molecular complexity index is 1670. The Balaban J connectivity index is 1.67. The van der Waals surface area contributed by atoms with E-state index in [2.05, 4.69) is 127 Å². The molecule has 0 spiro atoms. The van der Waals surface area contributed by atoms with Crippen LogP contribution in [0.1, 0.15) is 27.8 Å². The van der Waals surface area contributed by atoms with E-state index in [4.69, 9.17) is 0 Å². The van der Waals surface area contributed by atoms with Crippen LogP contribution in [0.15, 0.2) is 103 Å². The lowest BCUT2D eigenvalue weighted by atomic mass is 9.67. The van der Waals surface area contributed by atoms with E-state index in [0.717, 1.165) is 20.1 Å². The van der Waals surface area contributed by atoms with E-state index in [9.17, 15) is 9.59 Å². The second kappa shape index (κ2) is 8.54. The Hall–Kier alpha value is -3.55. The van der Waals surface area contributed by atoms with Crippen molar-refractivity contribution in [1.29, 1.82) is 0 Å². The van der Waals surface area contributed by atoms with Gasteiger partial charge in [0.05, 0.1) is 5.41 Å². The fraction of sp³-hybridized carbons (Fsp3) is 0.0690. The highest BCUT2D eigenvalue weighted by Crippen LogP contribution is 2.57. The molecule has 0 saturated carbocycles. The third-order valence-corrected chi connectivity index (χ3v) is 7.79. The second-order valence-electron chi connectivity index (χ2n) is 8.92. The standard InChI is InChI=1S/C29H19Br2N3O2/c1-16-2-6-18(7-3-16)29(19-8-4-17(5-9-19)26-32-27(35)34-28(36)33-26)24-14-20(30)10-12-22(24)23-13-11-21(31)15-25(23)29/h2-15H,1H3,(H2,32,33,34,35,36). The normalized spacial score (nSPS) is 13.3. The minimum atomic E-state index is -0.678. The first kappa shape index (κ1) is 22.9. The molecular weight excluding hydrogens is 582 g/mol. The van der Waals surface area contributed by atoms with Crippen molar-refractivity contribution in [2.75, 3.05) is 0 Å². The Morgan fingerprint density at radius 2 is 1.22 bits per heavy atom. The zero-order valence-corrected chi connectivity index (χ0v) is 22.3. The number of aromatic nitrogens is 3. The van der Waals surface area contributed by atoms with Gasteiger partial charge in [-0.15, -0.1) is 0 Å². The molecule has 1 aliphatic carbocycles. The molecule has 0 fully saturated rings. The number of rotatable bonds is 3. The van der Waals surface area contributed by atoms with Gasteiger partial charge in [0, 0.05) is 14.5 Å². The molecule has 0 amide bonds. The van der Waals surface area contributed by atoms with Crippen molar-refractivity contribution in [3.8, 4) is 22.5 Å². The van der Waals surface area contributed by atoms with Gasteiger partial charge in [-0.2, -0.15) is 4.98 Å². The molecular formula is C29H19Br2N3O2. The largest absolute Gasteiger partial charge is 0.351 e. The molecule has 5 aromatic rings. The summed E-state index contributed by atoms with van der Waals surface area (Å²) in [6.45, 7) is 2.09. The first-order valence-corrected chi connectivity index (χ1v) is 12.9. The van der Waals surface area contributed by atoms with Crippen LogP contribution in [-0.2, 0) is 5.41 Å². The maximum Gasteiger partial charge on any atom is 0.351 e. The summed E-state index contributed by atoms with van der Waals surface area (Å²) in [4.78, 5) is 32.2. The topological polar surface area (TPSA) is 78.6 Å². The molecule has 5 nitrogen and oxygen atoms in total. The number of hydrogen-bond donors (Lipinski definition) is 2. The van der Waals surface area contributed by atoms with Crippen molar-refractivity contribution >= 4 is 31.9 Å². The molecule has 0 radical (unpaired) electrons. The van der Waals surface area contributed by atoms with Crippen molar-refractivity contribution in [2.45, 2.75) is 12.3 Å². The van der Waals surface area contributed by atoms with Gasteiger partial charge < -0.3 is 0 Å². The van der Waals surface area contributed by atoms with Crippen LogP contribution in [0.4, 0.5) is 0 Å². The van der Waals surface area contributed by atoms with Crippen molar-refractivity contribution < 1.29 is 0 Å². The minimum absolute atomic E-state index is 0.234. The lowest BCUT2D eigenvalue weighted by molar-refractivity contribution is 0.767. The van der Waals surface area contributed by atoms with Crippen LogP contribution < -0.4 is 11.4 Å². The summed E-state index contributed by atoms with van der Waals surface area (Å²) >= 11 is 7.41. The predicted molar refractivity (Wildman–Crippen MR) is 148 cm³/mol. The maximum atomic E-state index is 11.8. The molecule has 6 rings (SSSR count). The highest BCUT2D eigenvalue weighted by molar-refractivity contribution is 9.10. The lowest BCUT2D eigenvalue weighted by Crippen LogP contribution is -2.28. The van der Waals surface area contributed by atoms with Gasteiger partial charge in [0.2, 0.25) is 0 Å². The third kappa shape index (κ3) is 3.53. The van der Waals surface area contributed by atoms with E-state index in [0.29, 0.717) is 5.56 Å². The van der Waals surface area contributed by atoms with Crippen molar-refractivity contribution in [3.63, 3.8) is 0 Å². The molecule has 36 heavy (non-hydrogen) atoms. The fourth-order valence-corrected chi connectivity index (χ4v) is 5.99. The molecule has 4 aromatic carbocycles. The molecule has 1 aliphatic rings. The number of benzene rings is 4. The number of nitrogens with zero attached hydrogens (tertiary/aromatic N) is 1. The van der Waals surface area contributed by atoms with E-state index in [1.165, 1.54) is 27.8 Å². The second-order valence-corrected chi connectivity index (χ2v) is 10.7. The van der Waals surface area contributed by atoms with Gasteiger partial charge in [-0.25, -0.2) is 9.59 Å². The van der Waals surface area contributed by atoms with Gasteiger partial charge in [-0.3, -0.25) is 9.97 Å². The average Bonchev–Trinajstić information content (AvgIpc) is 3.13. The number of halogens is 2.